The Morgan fingerprint density at radius 1 is 1.11 bits per heavy atom. The molecular weight excluding hydrogens is 232 g/mol. The molecule has 1 unspecified atom stereocenters. The predicted molar refractivity (Wildman–Crippen MR) is 80.0 cm³/mol. The highest BCUT2D eigenvalue weighted by Crippen LogP contribution is 2.47. The van der Waals surface area contributed by atoms with Crippen LogP contribution in [0.2, 0.25) is 0 Å². The topological polar surface area (TPSA) is 38.9 Å². The number of nitrogens with two attached hydrogens (primary N) is 1. The minimum absolute atomic E-state index is 0.164. The number of nitrogens with zero attached hydrogens (tertiary/aromatic N) is 1. The van der Waals surface area contributed by atoms with Crippen LogP contribution in [0.1, 0.15) is 44.4 Å². The van der Waals surface area contributed by atoms with Crippen LogP contribution in [0.4, 0.5) is 0 Å². The number of benzene rings is 1. The molecule has 0 aliphatic heterocycles. The monoisotopic (exact) mass is 254 g/mol. The number of pyridine rings is 1. The number of hydrogen-bond donors (Lipinski definition) is 1. The van der Waals surface area contributed by atoms with Crippen molar-refractivity contribution in [3.63, 3.8) is 0 Å². The third kappa shape index (κ3) is 2.25. The van der Waals surface area contributed by atoms with Gasteiger partial charge in [0.05, 0.1) is 5.52 Å². The zero-order chi connectivity index (χ0) is 13.7. The van der Waals surface area contributed by atoms with E-state index in [1.54, 1.807) is 0 Å². The summed E-state index contributed by atoms with van der Waals surface area (Å²) in [5, 5.41) is 1.19. The molecule has 0 bridgehead atoms. The van der Waals surface area contributed by atoms with Crippen LogP contribution in [0, 0.1) is 12.3 Å². The maximum absolute atomic E-state index is 6.66. The molecule has 0 amide bonds. The van der Waals surface area contributed by atoms with E-state index >= 15 is 0 Å². The van der Waals surface area contributed by atoms with E-state index < -0.39 is 0 Å². The SMILES string of the molecule is Cc1ccc2cc(C3(N)CCC(C)(C)C3)ccc2n1. The van der Waals surface area contributed by atoms with Gasteiger partial charge in [-0.05, 0) is 55.4 Å². The molecule has 0 radical (unpaired) electrons. The first kappa shape index (κ1) is 12.6. The Labute approximate surface area is 115 Å². The van der Waals surface area contributed by atoms with Crippen molar-refractivity contribution < 1.29 is 0 Å². The fraction of sp³-hybridized carbons (Fsp3) is 0.471. The molecular formula is C17H22N2. The van der Waals surface area contributed by atoms with Crippen LogP contribution in [0.5, 0.6) is 0 Å². The molecule has 1 saturated carbocycles. The van der Waals surface area contributed by atoms with Crippen molar-refractivity contribution in [2.45, 2.75) is 45.6 Å². The fourth-order valence-corrected chi connectivity index (χ4v) is 3.38. The second-order valence-corrected chi connectivity index (χ2v) is 6.86. The van der Waals surface area contributed by atoms with Crippen molar-refractivity contribution in [1.82, 2.24) is 4.98 Å². The van der Waals surface area contributed by atoms with Gasteiger partial charge in [0.1, 0.15) is 0 Å². The van der Waals surface area contributed by atoms with Crippen molar-refractivity contribution in [3.8, 4) is 0 Å². The Kier molecular flexibility index (Phi) is 2.68. The Balaban J connectivity index is 2.04. The third-order valence-corrected chi connectivity index (χ3v) is 4.45. The summed E-state index contributed by atoms with van der Waals surface area (Å²) in [6.07, 6.45) is 3.34. The molecule has 3 rings (SSSR count). The van der Waals surface area contributed by atoms with Crippen LogP contribution < -0.4 is 5.73 Å². The molecule has 0 saturated heterocycles. The van der Waals surface area contributed by atoms with Gasteiger partial charge < -0.3 is 5.73 Å². The highest BCUT2D eigenvalue weighted by atomic mass is 14.8. The summed E-state index contributed by atoms with van der Waals surface area (Å²) in [4.78, 5) is 4.55. The second-order valence-electron chi connectivity index (χ2n) is 6.86. The average Bonchev–Trinajstić information content (AvgIpc) is 2.64. The molecule has 1 aromatic heterocycles. The van der Waals surface area contributed by atoms with Crippen molar-refractivity contribution in [1.29, 1.82) is 0 Å². The van der Waals surface area contributed by atoms with Crippen LogP contribution in [-0.2, 0) is 5.54 Å². The number of aryl methyl sites for hydroxylation is 1. The molecule has 1 heterocycles. The van der Waals surface area contributed by atoms with Crippen molar-refractivity contribution in [2.75, 3.05) is 0 Å². The van der Waals surface area contributed by atoms with Gasteiger partial charge in [0.25, 0.3) is 0 Å². The second kappa shape index (κ2) is 4.04. The lowest BCUT2D eigenvalue weighted by Gasteiger charge is -2.27. The van der Waals surface area contributed by atoms with Gasteiger partial charge in [0, 0.05) is 16.6 Å². The number of rotatable bonds is 1. The first-order valence-electron chi connectivity index (χ1n) is 7.05. The number of aromatic nitrogens is 1. The van der Waals surface area contributed by atoms with Gasteiger partial charge in [-0.15, -0.1) is 0 Å². The van der Waals surface area contributed by atoms with Crippen LogP contribution >= 0.6 is 0 Å². The molecule has 1 aliphatic carbocycles. The van der Waals surface area contributed by atoms with E-state index in [0.717, 1.165) is 24.1 Å². The molecule has 2 heteroatoms. The summed E-state index contributed by atoms with van der Waals surface area (Å²) in [5.74, 6) is 0. The molecule has 2 nitrogen and oxygen atoms in total. The Morgan fingerprint density at radius 3 is 2.58 bits per heavy atom. The van der Waals surface area contributed by atoms with Crippen LogP contribution in [0.15, 0.2) is 30.3 Å². The summed E-state index contributed by atoms with van der Waals surface area (Å²) in [6, 6.07) is 10.7. The third-order valence-electron chi connectivity index (χ3n) is 4.45. The largest absolute Gasteiger partial charge is 0.321 e. The zero-order valence-electron chi connectivity index (χ0n) is 12.0. The van der Waals surface area contributed by atoms with Gasteiger partial charge in [-0.25, -0.2) is 0 Å². The minimum atomic E-state index is -0.164. The molecule has 1 atom stereocenters. The standard InChI is InChI=1S/C17H22N2/c1-12-4-5-13-10-14(6-7-15(13)19-12)17(18)9-8-16(2,3)11-17/h4-7,10H,8-9,11,18H2,1-3H3. The van der Waals surface area contributed by atoms with Crippen molar-refractivity contribution in [3.05, 3.63) is 41.6 Å². The number of fused-ring (bicyclic) bond motifs is 1. The van der Waals surface area contributed by atoms with Gasteiger partial charge in [-0.3, -0.25) is 4.98 Å². The lowest BCUT2D eigenvalue weighted by atomic mass is 9.83. The van der Waals surface area contributed by atoms with E-state index in [4.69, 9.17) is 5.73 Å². The molecule has 1 aromatic carbocycles. The summed E-state index contributed by atoms with van der Waals surface area (Å²) >= 11 is 0. The van der Waals surface area contributed by atoms with Crippen molar-refractivity contribution >= 4 is 10.9 Å². The van der Waals surface area contributed by atoms with Crippen LogP contribution in [0.25, 0.3) is 10.9 Å². The lowest BCUT2D eigenvalue weighted by Crippen LogP contribution is -2.34. The van der Waals surface area contributed by atoms with E-state index in [1.807, 2.05) is 6.92 Å². The van der Waals surface area contributed by atoms with E-state index in [9.17, 15) is 0 Å². The predicted octanol–water partition coefficient (Wildman–Crippen LogP) is 3.91. The lowest BCUT2D eigenvalue weighted by molar-refractivity contribution is 0.340. The highest BCUT2D eigenvalue weighted by molar-refractivity contribution is 5.79. The highest BCUT2D eigenvalue weighted by Gasteiger charge is 2.41. The summed E-state index contributed by atoms with van der Waals surface area (Å²) < 4.78 is 0. The molecule has 19 heavy (non-hydrogen) atoms. The molecule has 1 aliphatic rings. The van der Waals surface area contributed by atoms with Crippen LogP contribution in [-0.4, -0.2) is 4.98 Å². The van der Waals surface area contributed by atoms with E-state index in [2.05, 4.69) is 49.2 Å². The smallest absolute Gasteiger partial charge is 0.0705 e. The molecule has 2 aromatic rings. The summed E-state index contributed by atoms with van der Waals surface area (Å²) in [5.41, 5.74) is 10.2. The summed E-state index contributed by atoms with van der Waals surface area (Å²) in [7, 11) is 0. The molecule has 1 fully saturated rings. The zero-order valence-corrected chi connectivity index (χ0v) is 12.0. The molecule has 100 valence electrons. The fourth-order valence-electron chi connectivity index (χ4n) is 3.38. The maximum Gasteiger partial charge on any atom is 0.0705 e. The minimum Gasteiger partial charge on any atom is -0.321 e. The van der Waals surface area contributed by atoms with E-state index in [-0.39, 0.29) is 5.54 Å². The Morgan fingerprint density at radius 2 is 1.89 bits per heavy atom. The summed E-state index contributed by atoms with van der Waals surface area (Å²) in [6.45, 7) is 6.65. The Hall–Kier alpha value is -1.41. The maximum atomic E-state index is 6.66. The van der Waals surface area contributed by atoms with E-state index in [0.29, 0.717) is 5.41 Å². The van der Waals surface area contributed by atoms with Gasteiger partial charge in [-0.2, -0.15) is 0 Å². The van der Waals surface area contributed by atoms with Gasteiger partial charge >= 0.3 is 0 Å². The normalized spacial score (nSPS) is 25.9. The van der Waals surface area contributed by atoms with E-state index in [1.165, 1.54) is 17.4 Å². The first-order valence-corrected chi connectivity index (χ1v) is 7.05. The number of hydrogen-bond acceptors (Lipinski definition) is 2. The average molecular weight is 254 g/mol. The molecule has 2 N–H and O–H groups in total. The van der Waals surface area contributed by atoms with Gasteiger partial charge in [0.2, 0.25) is 0 Å². The van der Waals surface area contributed by atoms with Gasteiger partial charge in [0.15, 0.2) is 0 Å². The van der Waals surface area contributed by atoms with Gasteiger partial charge in [-0.1, -0.05) is 26.0 Å². The quantitative estimate of drug-likeness (QED) is 0.838. The Bertz CT molecular complexity index is 630. The first-order chi connectivity index (χ1) is 8.88. The molecule has 0 spiro atoms. The van der Waals surface area contributed by atoms with Crippen molar-refractivity contribution in [2.24, 2.45) is 11.1 Å². The van der Waals surface area contributed by atoms with Crippen LogP contribution in [0.3, 0.4) is 0 Å².